The smallest absolute Gasteiger partial charge is 0.269 e. The molecule has 2 aromatic heterocycles. The van der Waals surface area contributed by atoms with Crippen molar-refractivity contribution in [3.63, 3.8) is 0 Å². The second kappa shape index (κ2) is 7.09. The zero-order chi connectivity index (χ0) is 19.8. The first kappa shape index (κ1) is 18.2. The number of carbonyl (C=O) groups is 2. The average molecular weight is 378 g/mol. The lowest BCUT2D eigenvalue weighted by atomic mass is 10.00. The van der Waals surface area contributed by atoms with E-state index in [2.05, 4.69) is 27.5 Å². The Morgan fingerprint density at radius 1 is 1.25 bits per heavy atom. The van der Waals surface area contributed by atoms with Gasteiger partial charge in [0, 0.05) is 35.8 Å². The van der Waals surface area contributed by atoms with Gasteiger partial charge in [0.15, 0.2) is 0 Å². The van der Waals surface area contributed by atoms with E-state index in [-0.39, 0.29) is 23.3 Å². The molecule has 1 aromatic carbocycles. The third-order valence-electron chi connectivity index (χ3n) is 5.20. The van der Waals surface area contributed by atoms with Crippen molar-refractivity contribution in [2.75, 3.05) is 7.05 Å². The summed E-state index contributed by atoms with van der Waals surface area (Å²) in [6.07, 6.45) is 1.67. The van der Waals surface area contributed by atoms with Gasteiger partial charge in [-0.3, -0.25) is 9.59 Å². The number of H-pyrrole nitrogens is 1. The van der Waals surface area contributed by atoms with E-state index in [0.717, 1.165) is 17.3 Å². The molecule has 0 radical (unpaired) electrons. The molecule has 3 aromatic rings. The number of amides is 2. The minimum absolute atomic E-state index is 0.0919. The van der Waals surface area contributed by atoms with Crippen LogP contribution in [0.5, 0.6) is 0 Å². The number of benzene rings is 1. The number of aliphatic hydroxyl groups is 1. The van der Waals surface area contributed by atoms with Crippen molar-refractivity contribution in [3.8, 4) is 0 Å². The number of hydrogen-bond donors (Lipinski definition) is 4. The molecule has 2 amide bonds. The minimum Gasteiger partial charge on any atom is -0.382 e. The van der Waals surface area contributed by atoms with Crippen LogP contribution in [0, 0.1) is 5.92 Å². The van der Waals surface area contributed by atoms with E-state index in [9.17, 15) is 14.7 Å². The third-order valence-corrected chi connectivity index (χ3v) is 5.20. The highest BCUT2D eigenvalue weighted by molar-refractivity contribution is 5.99. The minimum atomic E-state index is -1.07. The lowest BCUT2D eigenvalue weighted by Gasteiger charge is -2.15. The van der Waals surface area contributed by atoms with E-state index in [1.807, 2.05) is 18.2 Å². The number of nitrogens with zero attached hydrogens (tertiary/aromatic N) is 1. The number of aromatic amines is 1. The summed E-state index contributed by atoms with van der Waals surface area (Å²) in [4.78, 5) is 32.2. The SMILES string of the molecule is CNC(=O)c1cc(C(=O)N[C@H]2C[C@@H]2C)cc(C(O)c2cccc3[nH]ccc23)n1. The summed E-state index contributed by atoms with van der Waals surface area (Å²) in [5, 5.41) is 17.3. The quantitative estimate of drug-likeness (QED) is 0.546. The van der Waals surface area contributed by atoms with Gasteiger partial charge in [-0.15, -0.1) is 0 Å². The zero-order valence-electron chi connectivity index (χ0n) is 15.7. The van der Waals surface area contributed by atoms with Crippen LogP contribution in [0.15, 0.2) is 42.6 Å². The first-order valence-electron chi connectivity index (χ1n) is 9.27. The van der Waals surface area contributed by atoms with Crippen molar-refractivity contribution in [2.45, 2.75) is 25.5 Å². The fourth-order valence-corrected chi connectivity index (χ4v) is 3.35. The first-order chi connectivity index (χ1) is 13.5. The average Bonchev–Trinajstić information content (AvgIpc) is 3.19. The Morgan fingerprint density at radius 2 is 2.04 bits per heavy atom. The van der Waals surface area contributed by atoms with Gasteiger partial charge in [-0.2, -0.15) is 0 Å². The number of rotatable bonds is 5. The summed E-state index contributed by atoms with van der Waals surface area (Å²) < 4.78 is 0. The van der Waals surface area contributed by atoms with Crippen molar-refractivity contribution in [3.05, 3.63) is 65.1 Å². The summed E-state index contributed by atoms with van der Waals surface area (Å²) in [7, 11) is 1.50. The van der Waals surface area contributed by atoms with Crippen LogP contribution in [-0.2, 0) is 0 Å². The number of pyridine rings is 1. The highest BCUT2D eigenvalue weighted by atomic mass is 16.3. The molecule has 1 fully saturated rings. The maximum absolute atomic E-state index is 12.6. The standard InChI is InChI=1S/C21H22N4O3/c1-11-8-16(11)25-20(27)12-9-17(24-18(10-12)21(28)22-2)19(26)14-4-3-5-15-13(14)6-7-23-15/h3-7,9-11,16,19,23,26H,8H2,1-2H3,(H,22,28)(H,25,27)/t11-,16-,19?/m0/s1. The van der Waals surface area contributed by atoms with E-state index in [0.29, 0.717) is 17.0 Å². The van der Waals surface area contributed by atoms with Crippen LogP contribution in [0.4, 0.5) is 0 Å². The molecule has 28 heavy (non-hydrogen) atoms. The topological polar surface area (TPSA) is 107 Å². The van der Waals surface area contributed by atoms with Crippen LogP contribution in [0.2, 0.25) is 0 Å². The zero-order valence-corrected chi connectivity index (χ0v) is 15.7. The Hall–Kier alpha value is -3.19. The predicted molar refractivity (Wildman–Crippen MR) is 105 cm³/mol. The van der Waals surface area contributed by atoms with Gasteiger partial charge in [-0.1, -0.05) is 19.1 Å². The van der Waals surface area contributed by atoms with E-state index >= 15 is 0 Å². The summed E-state index contributed by atoms with van der Waals surface area (Å²) >= 11 is 0. The summed E-state index contributed by atoms with van der Waals surface area (Å²) in [5.41, 5.74) is 2.20. The van der Waals surface area contributed by atoms with Crippen LogP contribution in [0.3, 0.4) is 0 Å². The Balaban J connectivity index is 1.74. The maximum Gasteiger partial charge on any atom is 0.269 e. The molecule has 4 rings (SSSR count). The third kappa shape index (κ3) is 3.36. The largest absolute Gasteiger partial charge is 0.382 e. The van der Waals surface area contributed by atoms with Gasteiger partial charge in [0.1, 0.15) is 11.8 Å². The maximum atomic E-state index is 12.6. The molecule has 0 aliphatic heterocycles. The molecule has 0 saturated heterocycles. The van der Waals surface area contributed by atoms with Crippen LogP contribution in [0.1, 0.15) is 51.6 Å². The Labute approximate surface area is 162 Å². The molecule has 1 unspecified atom stereocenters. The fraction of sp³-hybridized carbons (Fsp3) is 0.286. The van der Waals surface area contributed by atoms with E-state index in [4.69, 9.17) is 0 Å². The molecule has 0 bridgehead atoms. The molecule has 0 spiro atoms. The van der Waals surface area contributed by atoms with Gasteiger partial charge in [0.05, 0.1) is 5.69 Å². The monoisotopic (exact) mass is 378 g/mol. The molecular weight excluding hydrogens is 356 g/mol. The molecular formula is C21H22N4O3. The van der Waals surface area contributed by atoms with Crippen molar-refractivity contribution in [1.82, 2.24) is 20.6 Å². The molecule has 7 heteroatoms. The lowest BCUT2D eigenvalue weighted by Crippen LogP contribution is -2.28. The normalized spacial score (nSPS) is 19.2. The molecule has 1 aliphatic carbocycles. The summed E-state index contributed by atoms with van der Waals surface area (Å²) in [6.45, 7) is 2.07. The number of carbonyl (C=O) groups excluding carboxylic acids is 2. The van der Waals surface area contributed by atoms with Crippen LogP contribution >= 0.6 is 0 Å². The Morgan fingerprint density at radius 3 is 2.75 bits per heavy atom. The van der Waals surface area contributed by atoms with Crippen molar-refractivity contribution in [2.24, 2.45) is 5.92 Å². The number of hydrogen-bond acceptors (Lipinski definition) is 4. The van der Waals surface area contributed by atoms with Gasteiger partial charge < -0.3 is 20.7 Å². The van der Waals surface area contributed by atoms with Gasteiger partial charge in [-0.25, -0.2) is 4.98 Å². The first-order valence-corrected chi connectivity index (χ1v) is 9.27. The Bertz CT molecular complexity index is 1060. The fourth-order valence-electron chi connectivity index (χ4n) is 3.35. The highest BCUT2D eigenvalue weighted by Gasteiger charge is 2.34. The number of aliphatic hydroxyl groups excluding tert-OH is 1. The molecule has 3 atom stereocenters. The summed E-state index contributed by atoms with van der Waals surface area (Å²) in [6, 6.07) is 10.6. The van der Waals surface area contributed by atoms with Crippen LogP contribution < -0.4 is 10.6 Å². The Kier molecular flexibility index (Phi) is 4.60. The van der Waals surface area contributed by atoms with E-state index in [1.165, 1.54) is 13.1 Å². The molecule has 4 N–H and O–H groups in total. The van der Waals surface area contributed by atoms with Crippen LogP contribution in [-0.4, -0.2) is 40.0 Å². The lowest BCUT2D eigenvalue weighted by molar-refractivity contribution is 0.0949. The van der Waals surface area contributed by atoms with Crippen molar-refractivity contribution in [1.29, 1.82) is 0 Å². The van der Waals surface area contributed by atoms with Gasteiger partial charge in [0.2, 0.25) is 0 Å². The predicted octanol–water partition coefficient (Wildman–Crippen LogP) is 2.14. The molecule has 144 valence electrons. The van der Waals surface area contributed by atoms with Crippen molar-refractivity contribution < 1.29 is 14.7 Å². The van der Waals surface area contributed by atoms with E-state index < -0.39 is 12.0 Å². The van der Waals surface area contributed by atoms with E-state index in [1.54, 1.807) is 18.3 Å². The van der Waals surface area contributed by atoms with Crippen molar-refractivity contribution >= 4 is 22.7 Å². The number of fused-ring (bicyclic) bond motifs is 1. The highest BCUT2D eigenvalue weighted by Crippen LogP contribution is 2.30. The second-order valence-corrected chi connectivity index (χ2v) is 7.23. The van der Waals surface area contributed by atoms with Gasteiger partial charge >= 0.3 is 0 Å². The molecule has 1 saturated carbocycles. The van der Waals surface area contributed by atoms with Gasteiger partial charge in [-0.05, 0) is 42.2 Å². The second-order valence-electron chi connectivity index (χ2n) is 7.23. The number of nitrogens with one attached hydrogen (secondary N) is 3. The van der Waals surface area contributed by atoms with Crippen LogP contribution in [0.25, 0.3) is 10.9 Å². The van der Waals surface area contributed by atoms with Gasteiger partial charge in [0.25, 0.3) is 11.8 Å². The molecule has 1 aliphatic rings. The number of aromatic nitrogens is 2. The molecule has 7 nitrogen and oxygen atoms in total. The summed E-state index contributed by atoms with van der Waals surface area (Å²) in [5.74, 6) is -0.224. The molecule has 2 heterocycles.